The Labute approximate surface area is 199 Å². The van der Waals surface area contributed by atoms with Gasteiger partial charge >= 0.3 is 0 Å². The predicted molar refractivity (Wildman–Crippen MR) is 135 cm³/mol. The molecule has 0 saturated carbocycles. The number of hydrogen-bond acceptors (Lipinski definition) is 3. The summed E-state index contributed by atoms with van der Waals surface area (Å²) >= 11 is 0. The molecule has 4 rings (SSSR count). The maximum absolute atomic E-state index is 13.6. The molecule has 0 amide bonds. The van der Waals surface area contributed by atoms with Gasteiger partial charge in [-0.1, -0.05) is 121 Å². The molecule has 0 aliphatic rings. The largest absolute Gasteiger partial charge is 0.294 e. The fourth-order valence-corrected chi connectivity index (χ4v) is 3.92. The maximum Gasteiger partial charge on any atom is 0.185 e. The van der Waals surface area contributed by atoms with E-state index in [1.807, 2.05) is 78.9 Å². The number of allylic oxidation sites excluding steroid dienone is 1. The van der Waals surface area contributed by atoms with Crippen LogP contribution in [0.3, 0.4) is 0 Å². The van der Waals surface area contributed by atoms with E-state index in [-0.39, 0.29) is 23.8 Å². The van der Waals surface area contributed by atoms with E-state index in [0.29, 0.717) is 16.7 Å². The molecule has 0 heterocycles. The van der Waals surface area contributed by atoms with Gasteiger partial charge in [-0.15, -0.1) is 0 Å². The Morgan fingerprint density at radius 1 is 0.588 bits per heavy atom. The lowest BCUT2D eigenvalue weighted by Crippen LogP contribution is -2.18. The summed E-state index contributed by atoms with van der Waals surface area (Å²) in [6.07, 6.45) is 3.27. The Kier molecular flexibility index (Phi) is 7.36. The van der Waals surface area contributed by atoms with Crippen molar-refractivity contribution in [3.63, 3.8) is 0 Å². The summed E-state index contributed by atoms with van der Waals surface area (Å²) in [5.41, 5.74) is 3.17. The van der Waals surface area contributed by atoms with Crippen molar-refractivity contribution in [2.45, 2.75) is 12.3 Å². The second-order valence-electron chi connectivity index (χ2n) is 7.97. The van der Waals surface area contributed by atoms with Crippen molar-refractivity contribution in [2.75, 3.05) is 0 Å². The maximum atomic E-state index is 13.6. The van der Waals surface area contributed by atoms with Crippen molar-refractivity contribution in [1.82, 2.24) is 0 Å². The van der Waals surface area contributed by atoms with E-state index in [4.69, 9.17) is 0 Å². The first-order chi connectivity index (χ1) is 16.6. The fraction of sp³-hybridized carbons (Fsp3) is 0.0645. The minimum atomic E-state index is -0.678. The lowest BCUT2D eigenvalue weighted by atomic mass is 9.83. The molecule has 0 saturated heterocycles. The van der Waals surface area contributed by atoms with E-state index < -0.39 is 5.92 Å². The van der Waals surface area contributed by atoms with Gasteiger partial charge in [0.25, 0.3) is 0 Å². The Morgan fingerprint density at radius 2 is 1.09 bits per heavy atom. The van der Waals surface area contributed by atoms with Gasteiger partial charge in [-0.2, -0.15) is 0 Å². The van der Waals surface area contributed by atoms with E-state index in [0.717, 1.165) is 11.1 Å². The van der Waals surface area contributed by atoms with E-state index in [2.05, 4.69) is 0 Å². The third kappa shape index (κ3) is 5.51. The standard InChI is InChI=1S/C31H24O3/c32-29(24-13-4-1-5-14-24)21-20-23-12-10-11-19-27(23)28(31(34)26-17-8-3-9-18-26)22-30(33)25-15-6-2-7-16-25/h1-21,28H,22H2/b21-20+. The zero-order valence-corrected chi connectivity index (χ0v) is 18.6. The molecule has 0 aromatic heterocycles. The number of Topliss-reactive ketones (excluding diaryl/α,β-unsaturated/α-hetero) is 2. The van der Waals surface area contributed by atoms with E-state index in [9.17, 15) is 14.4 Å². The van der Waals surface area contributed by atoms with Crippen molar-refractivity contribution in [3.8, 4) is 0 Å². The van der Waals surface area contributed by atoms with Crippen LogP contribution in [0, 0.1) is 0 Å². The summed E-state index contributed by atoms with van der Waals surface area (Å²) < 4.78 is 0. The zero-order valence-electron chi connectivity index (χ0n) is 18.6. The van der Waals surface area contributed by atoms with Crippen LogP contribution in [0.15, 0.2) is 121 Å². The molecule has 0 aliphatic carbocycles. The van der Waals surface area contributed by atoms with Gasteiger partial charge in [0.1, 0.15) is 0 Å². The minimum absolute atomic E-state index is 0.0369. The molecule has 1 unspecified atom stereocenters. The van der Waals surface area contributed by atoms with Crippen LogP contribution in [0.5, 0.6) is 0 Å². The molecule has 166 valence electrons. The van der Waals surface area contributed by atoms with Gasteiger partial charge in [0.05, 0.1) is 5.92 Å². The summed E-state index contributed by atoms with van der Waals surface area (Å²) in [5, 5.41) is 0. The third-order valence-corrected chi connectivity index (χ3v) is 5.70. The molecule has 4 aromatic rings. The molecule has 1 atom stereocenters. The predicted octanol–water partition coefficient (Wildman–Crippen LogP) is 6.82. The first-order valence-corrected chi connectivity index (χ1v) is 11.2. The summed E-state index contributed by atoms with van der Waals surface area (Å²) in [7, 11) is 0. The highest BCUT2D eigenvalue weighted by Crippen LogP contribution is 2.30. The highest BCUT2D eigenvalue weighted by Gasteiger charge is 2.27. The summed E-state index contributed by atoms with van der Waals surface area (Å²) in [6, 6.07) is 34.5. The average molecular weight is 445 g/mol. The molecule has 3 nitrogen and oxygen atoms in total. The summed E-state index contributed by atoms with van der Waals surface area (Å²) in [5.74, 6) is -1.03. The van der Waals surface area contributed by atoms with Gasteiger partial charge < -0.3 is 0 Å². The van der Waals surface area contributed by atoms with E-state index in [1.165, 1.54) is 6.08 Å². The SMILES string of the molecule is O=C(/C=C/c1ccccc1C(CC(=O)c1ccccc1)C(=O)c1ccccc1)c1ccccc1. The van der Waals surface area contributed by atoms with Gasteiger partial charge in [0.15, 0.2) is 17.3 Å². The number of benzene rings is 4. The highest BCUT2D eigenvalue weighted by molar-refractivity contribution is 6.08. The quantitative estimate of drug-likeness (QED) is 0.210. The van der Waals surface area contributed by atoms with Crippen molar-refractivity contribution < 1.29 is 14.4 Å². The molecule has 34 heavy (non-hydrogen) atoms. The fourth-order valence-electron chi connectivity index (χ4n) is 3.92. The van der Waals surface area contributed by atoms with E-state index >= 15 is 0 Å². The Hall–Kier alpha value is -4.37. The van der Waals surface area contributed by atoms with Gasteiger partial charge in [0, 0.05) is 23.1 Å². The van der Waals surface area contributed by atoms with Gasteiger partial charge in [-0.25, -0.2) is 0 Å². The molecule has 4 aromatic carbocycles. The average Bonchev–Trinajstić information content (AvgIpc) is 2.91. The van der Waals surface area contributed by atoms with Crippen molar-refractivity contribution in [3.05, 3.63) is 149 Å². The molecule has 0 N–H and O–H groups in total. The van der Waals surface area contributed by atoms with Crippen LogP contribution >= 0.6 is 0 Å². The molecule has 0 fully saturated rings. The van der Waals surface area contributed by atoms with Crippen LogP contribution in [0.1, 0.15) is 54.5 Å². The van der Waals surface area contributed by atoms with Gasteiger partial charge in [-0.3, -0.25) is 14.4 Å². The van der Waals surface area contributed by atoms with Crippen LogP contribution < -0.4 is 0 Å². The number of rotatable bonds is 9. The molecule has 0 radical (unpaired) electrons. The first-order valence-electron chi connectivity index (χ1n) is 11.2. The smallest absolute Gasteiger partial charge is 0.185 e. The second-order valence-corrected chi connectivity index (χ2v) is 7.97. The molecule has 0 spiro atoms. The highest BCUT2D eigenvalue weighted by atomic mass is 16.1. The number of carbonyl (C=O) groups is 3. The Morgan fingerprint density at radius 3 is 1.71 bits per heavy atom. The van der Waals surface area contributed by atoms with Gasteiger partial charge in [-0.05, 0) is 17.2 Å². The number of hydrogen-bond donors (Lipinski definition) is 0. The molecule has 0 bridgehead atoms. The van der Waals surface area contributed by atoms with Crippen LogP contribution in [0.2, 0.25) is 0 Å². The van der Waals surface area contributed by atoms with Crippen LogP contribution in [0.4, 0.5) is 0 Å². The van der Waals surface area contributed by atoms with Crippen LogP contribution in [-0.2, 0) is 0 Å². The Bertz CT molecular complexity index is 1310. The van der Waals surface area contributed by atoms with Crippen molar-refractivity contribution >= 4 is 23.4 Å². The third-order valence-electron chi connectivity index (χ3n) is 5.70. The minimum Gasteiger partial charge on any atom is -0.294 e. The lowest BCUT2D eigenvalue weighted by Gasteiger charge is -2.18. The molecule has 0 aliphatic heterocycles. The lowest BCUT2D eigenvalue weighted by molar-refractivity contribution is 0.0893. The zero-order chi connectivity index (χ0) is 23.8. The number of carbonyl (C=O) groups excluding carboxylic acids is 3. The van der Waals surface area contributed by atoms with Crippen molar-refractivity contribution in [2.24, 2.45) is 0 Å². The molecular formula is C31H24O3. The summed E-state index contributed by atoms with van der Waals surface area (Å²) in [4.78, 5) is 39.3. The summed E-state index contributed by atoms with van der Waals surface area (Å²) in [6.45, 7) is 0. The topological polar surface area (TPSA) is 51.2 Å². The Balaban J connectivity index is 1.70. The molecule has 3 heteroatoms. The monoisotopic (exact) mass is 444 g/mol. The van der Waals surface area contributed by atoms with Crippen molar-refractivity contribution in [1.29, 1.82) is 0 Å². The molecular weight excluding hydrogens is 420 g/mol. The van der Waals surface area contributed by atoms with E-state index in [1.54, 1.807) is 42.5 Å². The van der Waals surface area contributed by atoms with Crippen LogP contribution in [-0.4, -0.2) is 17.3 Å². The van der Waals surface area contributed by atoms with Crippen LogP contribution in [0.25, 0.3) is 6.08 Å². The van der Waals surface area contributed by atoms with Gasteiger partial charge in [0.2, 0.25) is 0 Å². The normalized spacial score (nSPS) is 11.8. The number of ketones is 3. The first kappa shape index (κ1) is 22.8. The second kappa shape index (κ2) is 11.0.